The minimum atomic E-state index is -0.892. The van der Waals surface area contributed by atoms with E-state index in [4.69, 9.17) is 4.74 Å². The van der Waals surface area contributed by atoms with E-state index in [1.165, 1.54) is 25.1 Å². The average Bonchev–Trinajstić information content (AvgIpc) is 2.49. The van der Waals surface area contributed by atoms with Gasteiger partial charge in [0.25, 0.3) is 0 Å². The fraction of sp³-hybridized carbons (Fsp3) is 0.222. The van der Waals surface area contributed by atoms with Crippen molar-refractivity contribution in [3.63, 3.8) is 0 Å². The summed E-state index contributed by atoms with van der Waals surface area (Å²) in [6.07, 6.45) is -0.892. The van der Waals surface area contributed by atoms with Gasteiger partial charge in [0.15, 0.2) is 6.10 Å². The van der Waals surface area contributed by atoms with Crippen LogP contribution < -0.4 is 0 Å². The van der Waals surface area contributed by atoms with Crippen molar-refractivity contribution in [2.45, 2.75) is 26.9 Å². The van der Waals surface area contributed by atoms with Gasteiger partial charge in [-0.05, 0) is 56.2 Å². The number of carbonyl (C=O) groups is 2. The first kappa shape index (κ1) is 15.8. The maximum atomic E-state index is 12.3. The third-order valence-corrected chi connectivity index (χ3v) is 3.53. The fourth-order valence-corrected chi connectivity index (χ4v) is 2.04. The van der Waals surface area contributed by atoms with Gasteiger partial charge in [0.05, 0.1) is 5.56 Å². The normalized spacial score (nSPS) is 11.8. The molecule has 0 heterocycles. The second-order valence-electron chi connectivity index (χ2n) is 5.26. The van der Waals surface area contributed by atoms with Crippen molar-refractivity contribution < 1.29 is 19.4 Å². The third kappa shape index (κ3) is 3.52. The first-order valence-corrected chi connectivity index (χ1v) is 7.00. The van der Waals surface area contributed by atoms with Gasteiger partial charge < -0.3 is 9.84 Å². The lowest BCUT2D eigenvalue weighted by Gasteiger charge is -2.13. The van der Waals surface area contributed by atoms with Crippen LogP contribution in [0, 0.1) is 13.8 Å². The highest BCUT2D eigenvalue weighted by Crippen LogP contribution is 2.16. The highest BCUT2D eigenvalue weighted by Gasteiger charge is 2.20. The van der Waals surface area contributed by atoms with E-state index in [1.54, 1.807) is 18.2 Å². The highest BCUT2D eigenvalue weighted by atomic mass is 16.5. The Morgan fingerprint density at radius 1 is 1.00 bits per heavy atom. The zero-order valence-corrected chi connectivity index (χ0v) is 12.8. The molecule has 2 aromatic carbocycles. The first-order valence-electron chi connectivity index (χ1n) is 7.00. The standard InChI is InChI=1S/C18H18O4/c1-11-7-8-14(9-12(11)2)17(20)13(3)22-18(21)15-5-4-6-16(19)10-15/h4-10,13,19H,1-3H3/t13-/m1/s1. The number of phenolic OH excluding ortho intramolecular Hbond substituents is 1. The molecular weight excluding hydrogens is 280 g/mol. The van der Waals surface area contributed by atoms with Crippen LogP contribution in [0.4, 0.5) is 0 Å². The number of phenols is 1. The van der Waals surface area contributed by atoms with Crippen LogP contribution in [-0.2, 0) is 4.74 Å². The maximum absolute atomic E-state index is 12.3. The van der Waals surface area contributed by atoms with E-state index in [0.29, 0.717) is 5.56 Å². The van der Waals surface area contributed by atoms with Crippen molar-refractivity contribution in [2.24, 2.45) is 0 Å². The molecule has 0 spiro atoms. The largest absolute Gasteiger partial charge is 0.508 e. The molecule has 0 aliphatic heterocycles. The van der Waals surface area contributed by atoms with Gasteiger partial charge in [0.2, 0.25) is 5.78 Å². The van der Waals surface area contributed by atoms with Crippen molar-refractivity contribution in [2.75, 3.05) is 0 Å². The molecule has 22 heavy (non-hydrogen) atoms. The number of ketones is 1. The van der Waals surface area contributed by atoms with Crippen molar-refractivity contribution in [1.82, 2.24) is 0 Å². The number of hydrogen-bond acceptors (Lipinski definition) is 4. The molecule has 0 amide bonds. The Morgan fingerprint density at radius 2 is 1.73 bits per heavy atom. The molecule has 4 heteroatoms. The van der Waals surface area contributed by atoms with Crippen molar-refractivity contribution in [1.29, 1.82) is 0 Å². The first-order chi connectivity index (χ1) is 10.4. The van der Waals surface area contributed by atoms with Gasteiger partial charge in [-0.25, -0.2) is 4.79 Å². The van der Waals surface area contributed by atoms with E-state index < -0.39 is 12.1 Å². The second kappa shape index (κ2) is 6.43. The molecule has 1 N–H and O–H groups in total. The lowest BCUT2D eigenvalue weighted by molar-refractivity contribution is 0.0318. The Labute approximate surface area is 129 Å². The van der Waals surface area contributed by atoms with E-state index in [-0.39, 0.29) is 17.1 Å². The lowest BCUT2D eigenvalue weighted by Crippen LogP contribution is -2.24. The van der Waals surface area contributed by atoms with E-state index in [1.807, 2.05) is 19.9 Å². The van der Waals surface area contributed by atoms with Crippen LogP contribution in [0.25, 0.3) is 0 Å². The smallest absolute Gasteiger partial charge is 0.338 e. The number of benzene rings is 2. The van der Waals surface area contributed by atoms with Crippen LogP contribution in [0.5, 0.6) is 5.75 Å². The van der Waals surface area contributed by atoms with E-state index in [9.17, 15) is 14.7 Å². The average molecular weight is 298 g/mol. The van der Waals surface area contributed by atoms with E-state index in [0.717, 1.165) is 11.1 Å². The molecule has 0 bridgehead atoms. The van der Waals surface area contributed by atoms with Gasteiger partial charge in [0.1, 0.15) is 5.75 Å². The van der Waals surface area contributed by atoms with Crippen molar-refractivity contribution in [3.05, 3.63) is 64.7 Å². The Kier molecular flexibility index (Phi) is 4.61. The molecule has 0 aliphatic rings. The summed E-state index contributed by atoms with van der Waals surface area (Å²) in [7, 11) is 0. The number of esters is 1. The van der Waals surface area contributed by atoms with Crippen LogP contribution in [0.1, 0.15) is 38.8 Å². The molecule has 0 radical (unpaired) electrons. The summed E-state index contributed by atoms with van der Waals surface area (Å²) < 4.78 is 5.18. The minimum Gasteiger partial charge on any atom is -0.508 e. The molecule has 0 aromatic heterocycles. The SMILES string of the molecule is Cc1ccc(C(=O)[C@@H](C)OC(=O)c2cccc(O)c2)cc1C. The van der Waals surface area contributed by atoms with Gasteiger partial charge in [-0.15, -0.1) is 0 Å². The van der Waals surface area contributed by atoms with Gasteiger partial charge >= 0.3 is 5.97 Å². The summed E-state index contributed by atoms with van der Waals surface area (Å²) in [6.45, 7) is 5.43. The Morgan fingerprint density at radius 3 is 2.36 bits per heavy atom. The number of hydrogen-bond donors (Lipinski definition) is 1. The summed E-state index contributed by atoms with van der Waals surface area (Å²) in [4.78, 5) is 24.3. The van der Waals surface area contributed by atoms with E-state index in [2.05, 4.69) is 0 Å². The van der Waals surface area contributed by atoms with Crippen LogP contribution in [0.2, 0.25) is 0 Å². The number of rotatable bonds is 4. The summed E-state index contributed by atoms with van der Waals surface area (Å²) in [5.74, 6) is -0.917. The molecule has 2 rings (SSSR count). The molecular formula is C18H18O4. The van der Waals surface area contributed by atoms with Crippen LogP contribution in [0.15, 0.2) is 42.5 Å². The van der Waals surface area contributed by atoms with Gasteiger partial charge in [-0.1, -0.05) is 18.2 Å². The molecule has 0 saturated heterocycles. The van der Waals surface area contributed by atoms with E-state index >= 15 is 0 Å². The van der Waals surface area contributed by atoms with Gasteiger partial charge in [-0.3, -0.25) is 4.79 Å². The molecule has 2 aromatic rings. The minimum absolute atomic E-state index is 0.0254. The van der Waals surface area contributed by atoms with Crippen LogP contribution in [-0.4, -0.2) is 23.0 Å². The summed E-state index contributed by atoms with van der Waals surface area (Å²) in [6, 6.07) is 11.2. The highest BCUT2D eigenvalue weighted by molar-refractivity contribution is 6.01. The number of Topliss-reactive ketones (excluding diaryl/α,β-unsaturated/α-hetero) is 1. The quantitative estimate of drug-likeness (QED) is 0.693. The predicted molar refractivity (Wildman–Crippen MR) is 83.2 cm³/mol. The maximum Gasteiger partial charge on any atom is 0.338 e. The molecule has 0 aliphatic carbocycles. The lowest BCUT2D eigenvalue weighted by atomic mass is 10.0. The number of ether oxygens (including phenoxy) is 1. The molecule has 4 nitrogen and oxygen atoms in total. The van der Waals surface area contributed by atoms with Crippen LogP contribution in [0.3, 0.4) is 0 Å². The Bertz CT molecular complexity index is 719. The summed E-state index contributed by atoms with van der Waals surface area (Å²) in [5.41, 5.74) is 2.83. The van der Waals surface area contributed by atoms with Gasteiger partial charge in [-0.2, -0.15) is 0 Å². The third-order valence-electron chi connectivity index (χ3n) is 3.53. The van der Waals surface area contributed by atoms with Gasteiger partial charge in [0, 0.05) is 5.56 Å². The molecule has 0 saturated carbocycles. The zero-order chi connectivity index (χ0) is 16.3. The zero-order valence-electron chi connectivity index (χ0n) is 12.8. The summed E-state index contributed by atoms with van der Waals surface area (Å²) >= 11 is 0. The molecule has 114 valence electrons. The number of carbonyl (C=O) groups excluding carboxylic acids is 2. The second-order valence-corrected chi connectivity index (χ2v) is 5.26. The van der Waals surface area contributed by atoms with Crippen LogP contribution >= 0.6 is 0 Å². The van der Waals surface area contributed by atoms with Crippen molar-refractivity contribution in [3.8, 4) is 5.75 Å². The van der Waals surface area contributed by atoms with Crippen molar-refractivity contribution >= 4 is 11.8 Å². The Hall–Kier alpha value is -2.62. The number of aromatic hydroxyl groups is 1. The predicted octanol–water partition coefficient (Wildman–Crippen LogP) is 3.44. The molecule has 0 unspecified atom stereocenters. The topological polar surface area (TPSA) is 63.6 Å². The molecule has 0 fully saturated rings. The monoisotopic (exact) mass is 298 g/mol. The fourth-order valence-electron chi connectivity index (χ4n) is 2.04. The Balaban J connectivity index is 2.11. The molecule has 1 atom stereocenters. The summed E-state index contributed by atoms with van der Waals surface area (Å²) in [5, 5.41) is 9.37. The number of aryl methyl sites for hydroxylation is 2.